The highest BCUT2D eigenvalue weighted by atomic mass is 127. The summed E-state index contributed by atoms with van der Waals surface area (Å²) in [7, 11) is 2.82. The fourth-order valence-electron chi connectivity index (χ4n) is 2.78. The Morgan fingerprint density at radius 2 is 1.21 bits per heavy atom. The zero-order valence-corrected chi connectivity index (χ0v) is 27.0. The summed E-state index contributed by atoms with van der Waals surface area (Å²) in [6.07, 6.45) is 7.35. The molecule has 0 heterocycles. The van der Waals surface area contributed by atoms with Crippen molar-refractivity contribution in [1.29, 1.82) is 0 Å². The molecule has 0 saturated carbocycles. The number of carbonyl (C=O) groups is 3. The summed E-state index contributed by atoms with van der Waals surface area (Å²) in [5.41, 5.74) is -0.492. The van der Waals surface area contributed by atoms with Crippen molar-refractivity contribution < 1.29 is 28.6 Å². The number of nitrogens with one attached hydrogen (secondary N) is 1. The Morgan fingerprint density at radius 1 is 0.794 bits per heavy atom. The van der Waals surface area contributed by atoms with E-state index in [1.807, 2.05) is 32.6 Å². The number of methoxy groups -OCH3 is 2. The van der Waals surface area contributed by atoms with Gasteiger partial charge in [-0.25, -0.2) is 4.79 Å². The molecule has 10 heteroatoms. The minimum absolute atomic E-state index is 0. The van der Waals surface area contributed by atoms with E-state index in [2.05, 4.69) is 51.2 Å². The van der Waals surface area contributed by atoms with Gasteiger partial charge in [-0.2, -0.15) is 27.0 Å². The molecule has 0 spiro atoms. The molecule has 0 rings (SSSR count). The lowest BCUT2D eigenvalue weighted by molar-refractivity contribution is -0.141. The lowest BCUT2D eigenvalue weighted by atomic mass is 9.97. The SMILES string of the molecule is CCC(CC)CCCC(=O)OC.CC[C@H](CCCC(=O)OC)NC(=O)OC(C)(C)C.CI.S.S. The summed E-state index contributed by atoms with van der Waals surface area (Å²) in [6, 6.07) is 0.0320. The van der Waals surface area contributed by atoms with E-state index in [4.69, 9.17) is 4.74 Å². The molecule has 0 aromatic heterocycles. The summed E-state index contributed by atoms with van der Waals surface area (Å²) >= 11 is 2.15. The maximum Gasteiger partial charge on any atom is 0.407 e. The molecule has 0 fully saturated rings. The van der Waals surface area contributed by atoms with Crippen LogP contribution in [0.3, 0.4) is 0 Å². The second-order valence-corrected chi connectivity index (χ2v) is 8.37. The fourth-order valence-corrected chi connectivity index (χ4v) is 2.78. The lowest BCUT2D eigenvalue weighted by Gasteiger charge is -2.23. The van der Waals surface area contributed by atoms with Crippen LogP contribution in [0, 0.1) is 5.92 Å². The van der Waals surface area contributed by atoms with Crippen LogP contribution in [0.25, 0.3) is 0 Å². The highest BCUT2D eigenvalue weighted by Crippen LogP contribution is 2.15. The third kappa shape index (κ3) is 31.6. The zero-order valence-electron chi connectivity index (χ0n) is 22.8. The number of halogens is 1. The molecule has 0 aromatic carbocycles. The van der Waals surface area contributed by atoms with Crippen molar-refractivity contribution in [2.75, 3.05) is 19.2 Å². The second-order valence-electron chi connectivity index (χ2n) is 8.37. The summed E-state index contributed by atoms with van der Waals surface area (Å²) < 4.78 is 14.3. The predicted molar refractivity (Wildman–Crippen MR) is 160 cm³/mol. The highest BCUT2D eigenvalue weighted by Gasteiger charge is 2.18. The Labute approximate surface area is 236 Å². The van der Waals surface area contributed by atoms with Crippen molar-refractivity contribution in [2.24, 2.45) is 5.92 Å². The van der Waals surface area contributed by atoms with Gasteiger partial charge in [0, 0.05) is 18.9 Å². The van der Waals surface area contributed by atoms with Crippen LogP contribution >= 0.6 is 49.6 Å². The van der Waals surface area contributed by atoms with Gasteiger partial charge in [-0.05, 0) is 63.7 Å². The summed E-state index contributed by atoms with van der Waals surface area (Å²) in [6.45, 7) is 11.9. The molecule has 0 saturated heterocycles. The lowest BCUT2D eigenvalue weighted by Crippen LogP contribution is -2.38. The highest BCUT2D eigenvalue weighted by molar-refractivity contribution is 14.1. The number of hydrogen-bond acceptors (Lipinski definition) is 6. The molecule has 208 valence electrons. The van der Waals surface area contributed by atoms with Crippen LogP contribution in [0.2, 0.25) is 0 Å². The predicted octanol–water partition coefficient (Wildman–Crippen LogP) is 6.68. The molecule has 0 radical (unpaired) electrons. The van der Waals surface area contributed by atoms with Gasteiger partial charge in [-0.15, -0.1) is 0 Å². The maximum atomic E-state index is 11.6. The number of hydrogen-bond donors (Lipinski definition) is 1. The van der Waals surface area contributed by atoms with Crippen LogP contribution in [0.5, 0.6) is 0 Å². The molecule has 7 nitrogen and oxygen atoms in total. The van der Waals surface area contributed by atoms with Gasteiger partial charge in [0.2, 0.25) is 0 Å². The van der Waals surface area contributed by atoms with E-state index >= 15 is 0 Å². The van der Waals surface area contributed by atoms with Crippen LogP contribution in [0.4, 0.5) is 4.79 Å². The second kappa shape index (κ2) is 28.9. The fraction of sp³-hybridized carbons (Fsp3) is 0.875. The zero-order chi connectivity index (χ0) is 25.6. The number of carbonyl (C=O) groups excluding carboxylic acids is 3. The molecule has 0 aliphatic carbocycles. The number of alkyl carbamates (subject to hydrolysis) is 1. The van der Waals surface area contributed by atoms with Crippen molar-refractivity contribution in [1.82, 2.24) is 5.32 Å². The summed E-state index contributed by atoms with van der Waals surface area (Å²) in [5, 5.41) is 2.80. The van der Waals surface area contributed by atoms with E-state index in [0.29, 0.717) is 19.3 Å². The molecular formula is C24H52INO6S2. The minimum atomic E-state index is -0.492. The Bertz CT molecular complexity index is 487. The Hall–Kier alpha value is -0.360. The monoisotopic (exact) mass is 641 g/mol. The molecule has 1 atom stereocenters. The van der Waals surface area contributed by atoms with Crippen molar-refractivity contribution in [3.05, 3.63) is 0 Å². The van der Waals surface area contributed by atoms with Crippen LogP contribution in [0.1, 0.15) is 99.3 Å². The van der Waals surface area contributed by atoms with Gasteiger partial charge < -0.3 is 19.5 Å². The normalized spacial score (nSPS) is 10.6. The van der Waals surface area contributed by atoms with E-state index in [0.717, 1.165) is 31.6 Å². The van der Waals surface area contributed by atoms with E-state index < -0.39 is 11.7 Å². The van der Waals surface area contributed by atoms with Crippen molar-refractivity contribution in [3.63, 3.8) is 0 Å². The first-order chi connectivity index (χ1) is 15.0. The Kier molecular flexibility index (Phi) is 37.1. The van der Waals surface area contributed by atoms with Crippen LogP contribution < -0.4 is 5.32 Å². The van der Waals surface area contributed by atoms with E-state index in [-0.39, 0.29) is 45.0 Å². The molecule has 0 aliphatic rings. The topological polar surface area (TPSA) is 90.9 Å². The van der Waals surface area contributed by atoms with Crippen LogP contribution in [0.15, 0.2) is 0 Å². The number of amides is 1. The van der Waals surface area contributed by atoms with E-state index in [1.54, 1.807) is 0 Å². The average molecular weight is 642 g/mol. The molecule has 34 heavy (non-hydrogen) atoms. The maximum absolute atomic E-state index is 11.6. The molecular weight excluding hydrogens is 589 g/mol. The number of ether oxygens (including phenoxy) is 3. The van der Waals surface area contributed by atoms with E-state index in [9.17, 15) is 14.4 Å². The first-order valence-corrected chi connectivity index (χ1v) is 13.7. The standard InChI is InChI=1S/C13H25NO4.C10H20O2.CH3I.2H2S/c1-6-10(8-7-9-11(15)17-5)14-12(16)18-13(2,3)4;1-4-9(5-2)7-6-8-10(11)12-3;1-2;;/h10H,6-9H2,1-5H3,(H,14,16);9H,4-8H2,1-3H3;1H3;2*1H2/t10-;;;;/m1..../s1. The van der Waals surface area contributed by atoms with Gasteiger partial charge in [0.05, 0.1) is 14.2 Å². The van der Waals surface area contributed by atoms with Crippen molar-refractivity contribution >= 4 is 67.6 Å². The van der Waals surface area contributed by atoms with E-state index in [1.165, 1.54) is 27.1 Å². The first kappa shape index (κ1) is 43.7. The first-order valence-electron chi connectivity index (χ1n) is 11.5. The van der Waals surface area contributed by atoms with Crippen molar-refractivity contribution in [3.8, 4) is 0 Å². The molecule has 1 amide bonds. The van der Waals surface area contributed by atoms with Crippen LogP contribution in [-0.4, -0.2) is 48.8 Å². The largest absolute Gasteiger partial charge is 0.469 e. The number of esters is 2. The third-order valence-corrected chi connectivity index (χ3v) is 4.75. The summed E-state index contributed by atoms with van der Waals surface area (Å²) in [5.74, 6) is 0.484. The molecule has 0 unspecified atom stereocenters. The summed E-state index contributed by atoms with van der Waals surface area (Å²) in [4.78, 5) is 35.2. The Balaban J connectivity index is -0.000000154. The van der Waals surface area contributed by atoms with Gasteiger partial charge in [-0.1, -0.05) is 56.2 Å². The van der Waals surface area contributed by atoms with Crippen molar-refractivity contribution in [2.45, 2.75) is 111 Å². The van der Waals surface area contributed by atoms with Gasteiger partial charge in [0.1, 0.15) is 5.60 Å². The molecule has 0 aliphatic heterocycles. The molecule has 0 bridgehead atoms. The number of alkyl halides is 1. The van der Waals surface area contributed by atoms with Gasteiger partial charge in [0.15, 0.2) is 0 Å². The molecule has 1 N–H and O–H groups in total. The Morgan fingerprint density at radius 3 is 1.53 bits per heavy atom. The number of rotatable bonds is 12. The third-order valence-electron chi connectivity index (χ3n) is 4.75. The smallest absolute Gasteiger partial charge is 0.407 e. The van der Waals surface area contributed by atoms with Gasteiger partial charge in [-0.3, -0.25) is 9.59 Å². The van der Waals surface area contributed by atoms with Crippen LogP contribution in [-0.2, 0) is 23.8 Å². The quantitative estimate of drug-likeness (QED) is 0.111. The van der Waals surface area contributed by atoms with Gasteiger partial charge in [0.25, 0.3) is 0 Å². The minimum Gasteiger partial charge on any atom is -0.469 e. The average Bonchev–Trinajstić information content (AvgIpc) is 2.76. The molecule has 0 aromatic rings. The van der Waals surface area contributed by atoms with Gasteiger partial charge >= 0.3 is 18.0 Å².